The number of aromatic nitrogens is 5. The van der Waals surface area contributed by atoms with E-state index in [0.717, 1.165) is 22.2 Å². The van der Waals surface area contributed by atoms with Crippen LogP contribution in [0.5, 0.6) is 0 Å². The molecule has 16 heavy (non-hydrogen) atoms. The number of nitrogens with zero attached hydrogens (tertiary/aromatic N) is 4. The number of hydrogen-bond donors (Lipinski definition) is 1. The second-order valence-electron chi connectivity index (χ2n) is 3.49. The zero-order valence-corrected chi connectivity index (χ0v) is 9.23. The molecule has 3 rings (SSSR count). The molecule has 0 radical (unpaired) electrons. The molecular weight excluding hydrogens is 226 g/mol. The molecule has 0 amide bonds. The van der Waals surface area contributed by atoms with Crippen LogP contribution in [0.3, 0.4) is 0 Å². The first-order chi connectivity index (χ1) is 7.75. The highest BCUT2D eigenvalue weighted by Gasteiger charge is 2.12. The third-order valence-corrected chi connectivity index (χ3v) is 2.73. The van der Waals surface area contributed by atoms with Crippen molar-refractivity contribution in [2.75, 3.05) is 0 Å². The van der Waals surface area contributed by atoms with Crippen molar-refractivity contribution in [3.05, 3.63) is 30.1 Å². The minimum absolute atomic E-state index is 0.449. The van der Waals surface area contributed by atoms with Gasteiger partial charge in [-0.25, -0.2) is 9.97 Å². The summed E-state index contributed by atoms with van der Waals surface area (Å²) in [4.78, 5) is 11.2. The van der Waals surface area contributed by atoms with Crippen LogP contribution in [0.15, 0.2) is 24.9 Å². The molecule has 5 nitrogen and oxygen atoms in total. The predicted molar refractivity (Wildman–Crippen MR) is 61.1 cm³/mol. The molecule has 0 aliphatic heterocycles. The molecule has 1 N–H and O–H groups in total. The van der Waals surface area contributed by atoms with Gasteiger partial charge in [-0.15, -0.1) is 0 Å². The van der Waals surface area contributed by atoms with E-state index in [-0.39, 0.29) is 0 Å². The van der Waals surface area contributed by atoms with Gasteiger partial charge in [0.2, 0.25) is 0 Å². The van der Waals surface area contributed by atoms with Crippen LogP contribution in [-0.4, -0.2) is 24.7 Å². The summed E-state index contributed by atoms with van der Waals surface area (Å²) >= 11 is 6.06. The van der Waals surface area contributed by atoms with Crippen molar-refractivity contribution in [3.63, 3.8) is 0 Å². The summed E-state index contributed by atoms with van der Waals surface area (Å²) in [5.74, 6) is 0. The maximum atomic E-state index is 6.06. The Bertz CT molecular complexity index is 654. The number of fused-ring (bicyclic) bond motifs is 1. The molecule has 3 heterocycles. The minimum Gasteiger partial charge on any atom is -0.345 e. The van der Waals surface area contributed by atoms with E-state index in [4.69, 9.17) is 11.6 Å². The molecule has 0 spiro atoms. The number of H-pyrrole nitrogens is 1. The van der Waals surface area contributed by atoms with Crippen molar-refractivity contribution in [1.82, 2.24) is 24.7 Å². The molecule has 3 aromatic rings. The van der Waals surface area contributed by atoms with Crippen molar-refractivity contribution >= 4 is 22.6 Å². The van der Waals surface area contributed by atoms with Crippen molar-refractivity contribution in [2.24, 2.45) is 7.05 Å². The van der Waals surface area contributed by atoms with E-state index in [1.54, 1.807) is 10.9 Å². The first-order valence-corrected chi connectivity index (χ1v) is 5.10. The summed E-state index contributed by atoms with van der Waals surface area (Å²) in [6.07, 6.45) is 7.01. The molecule has 0 aliphatic carbocycles. The van der Waals surface area contributed by atoms with Crippen LogP contribution in [-0.2, 0) is 7.05 Å². The monoisotopic (exact) mass is 233 g/mol. The second-order valence-corrected chi connectivity index (χ2v) is 3.85. The molecule has 80 valence electrons. The lowest BCUT2D eigenvalue weighted by molar-refractivity contribution is 0.768. The van der Waals surface area contributed by atoms with Gasteiger partial charge in [0.15, 0.2) is 0 Å². The topological polar surface area (TPSA) is 59.4 Å². The Balaban J connectivity index is 2.32. The predicted octanol–water partition coefficient (Wildman–Crippen LogP) is 2.01. The van der Waals surface area contributed by atoms with E-state index in [1.807, 2.05) is 19.4 Å². The number of rotatable bonds is 1. The lowest BCUT2D eigenvalue weighted by Gasteiger charge is -1.95. The lowest BCUT2D eigenvalue weighted by Crippen LogP contribution is -1.84. The zero-order chi connectivity index (χ0) is 11.1. The van der Waals surface area contributed by atoms with Crippen LogP contribution in [0.25, 0.3) is 22.2 Å². The lowest BCUT2D eigenvalue weighted by atomic mass is 10.1. The van der Waals surface area contributed by atoms with Crippen LogP contribution >= 0.6 is 11.6 Å². The van der Waals surface area contributed by atoms with E-state index in [1.165, 1.54) is 6.33 Å². The Labute approximate surface area is 96.1 Å². The molecular formula is C10H8ClN5. The van der Waals surface area contributed by atoms with Crippen LogP contribution < -0.4 is 0 Å². The smallest absolute Gasteiger partial charge is 0.142 e. The SMILES string of the molecule is Cn1cc(-c2c[nH]c3ncnc(Cl)c23)cn1. The largest absolute Gasteiger partial charge is 0.345 e. The molecule has 0 fully saturated rings. The molecule has 3 aromatic heterocycles. The number of aromatic amines is 1. The summed E-state index contributed by atoms with van der Waals surface area (Å²) < 4.78 is 1.74. The summed E-state index contributed by atoms with van der Waals surface area (Å²) in [7, 11) is 1.87. The fourth-order valence-electron chi connectivity index (χ4n) is 1.71. The van der Waals surface area contributed by atoms with Crippen molar-refractivity contribution in [3.8, 4) is 11.1 Å². The Morgan fingerprint density at radius 1 is 1.38 bits per heavy atom. The van der Waals surface area contributed by atoms with Crippen molar-refractivity contribution in [2.45, 2.75) is 0 Å². The van der Waals surface area contributed by atoms with Gasteiger partial charge >= 0.3 is 0 Å². The summed E-state index contributed by atoms with van der Waals surface area (Å²) in [6.45, 7) is 0. The van der Waals surface area contributed by atoms with E-state index in [2.05, 4.69) is 20.1 Å². The average molecular weight is 234 g/mol. The van der Waals surface area contributed by atoms with E-state index in [9.17, 15) is 0 Å². The molecule has 0 bridgehead atoms. The van der Waals surface area contributed by atoms with Crippen LogP contribution in [0.4, 0.5) is 0 Å². The highest BCUT2D eigenvalue weighted by molar-refractivity contribution is 6.35. The first-order valence-electron chi connectivity index (χ1n) is 4.72. The fourth-order valence-corrected chi connectivity index (χ4v) is 1.95. The Morgan fingerprint density at radius 3 is 3.00 bits per heavy atom. The van der Waals surface area contributed by atoms with Gasteiger partial charge in [-0.2, -0.15) is 5.10 Å². The van der Waals surface area contributed by atoms with Crippen LogP contribution in [0.1, 0.15) is 0 Å². The van der Waals surface area contributed by atoms with Gasteiger partial charge in [0.1, 0.15) is 17.1 Å². The molecule has 0 saturated carbocycles. The van der Waals surface area contributed by atoms with Crippen molar-refractivity contribution in [1.29, 1.82) is 0 Å². The second kappa shape index (κ2) is 3.31. The Morgan fingerprint density at radius 2 is 2.25 bits per heavy atom. The Kier molecular flexibility index (Phi) is 1.94. The normalized spacial score (nSPS) is 11.1. The van der Waals surface area contributed by atoms with Gasteiger partial charge in [-0.3, -0.25) is 4.68 Å². The number of aryl methyl sites for hydroxylation is 1. The van der Waals surface area contributed by atoms with Gasteiger partial charge < -0.3 is 4.98 Å². The van der Waals surface area contributed by atoms with Gasteiger partial charge in [0.05, 0.1) is 11.6 Å². The van der Waals surface area contributed by atoms with Gasteiger partial charge in [0, 0.05) is 30.6 Å². The third-order valence-electron chi connectivity index (χ3n) is 2.44. The minimum atomic E-state index is 0.449. The van der Waals surface area contributed by atoms with E-state index in [0.29, 0.717) is 5.15 Å². The summed E-state index contributed by atoms with van der Waals surface area (Å²) in [5, 5.41) is 5.41. The molecule has 0 unspecified atom stereocenters. The zero-order valence-electron chi connectivity index (χ0n) is 8.48. The highest BCUT2D eigenvalue weighted by Crippen LogP contribution is 2.30. The maximum absolute atomic E-state index is 6.06. The average Bonchev–Trinajstić information content (AvgIpc) is 2.84. The number of hydrogen-bond acceptors (Lipinski definition) is 3. The maximum Gasteiger partial charge on any atom is 0.142 e. The number of nitrogens with one attached hydrogen (secondary N) is 1. The third kappa shape index (κ3) is 1.29. The molecule has 0 aliphatic rings. The van der Waals surface area contributed by atoms with Crippen molar-refractivity contribution < 1.29 is 0 Å². The highest BCUT2D eigenvalue weighted by atomic mass is 35.5. The number of halogens is 1. The Hall–Kier alpha value is -1.88. The molecule has 0 aromatic carbocycles. The van der Waals surface area contributed by atoms with Gasteiger partial charge in [-0.05, 0) is 0 Å². The standard InChI is InChI=1S/C10H8ClN5/c1-16-4-6(2-15-16)7-3-12-10-8(7)9(11)13-5-14-10/h2-5H,1H3,(H,12,13,14). The van der Waals surface area contributed by atoms with Crippen LogP contribution in [0, 0.1) is 0 Å². The molecule has 0 atom stereocenters. The van der Waals surface area contributed by atoms with E-state index >= 15 is 0 Å². The van der Waals surface area contributed by atoms with E-state index < -0.39 is 0 Å². The van der Waals surface area contributed by atoms with Crippen LogP contribution in [0.2, 0.25) is 5.15 Å². The van der Waals surface area contributed by atoms with Gasteiger partial charge in [-0.1, -0.05) is 11.6 Å². The molecule has 0 saturated heterocycles. The van der Waals surface area contributed by atoms with Gasteiger partial charge in [0.25, 0.3) is 0 Å². The summed E-state index contributed by atoms with van der Waals surface area (Å²) in [6, 6.07) is 0. The molecule has 6 heteroatoms. The summed E-state index contributed by atoms with van der Waals surface area (Å²) in [5.41, 5.74) is 2.69. The first kappa shape index (κ1) is 9.35. The fraction of sp³-hybridized carbons (Fsp3) is 0.100. The quantitative estimate of drug-likeness (QED) is 0.654.